The molecule has 1 heterocycles. The van der Waals surface area contributed by atoms with Crippen LogP contribution in [-0.2, 0) is 13.2 Å². The first-order valence-electron chi connectivity index (χ1n) is 7.36. The second kappa shape index (κ2) is 6.63. The van der Waals surface area contributed by atoms with E-state index in [-0.39, 0.29) is 5.54 Å². The molecule has 0 aliphatic rings. The molecule has 1 aromatic heterocycles. The highest BCUT2D eigenvalue weighted by Gasteiger charge is 2.11. The van der Waals surface area contributed by atoms with Crippen LogP contribution >= 0.6 is 11.3 Å². The lowest BCUT2D eigenvalue weighted by atomic mass is 10.1. The molecule has 0 saturated heterocycles. The Hall–Kier alpha value is -1.32. The molecular formula is C18H25NOS. The van der Waals surface area contributed by atoms with Crippen molar-refractivity contribution in [3.63, 3.8) is 0 Å². The minimum absolute atomic E-state index is 0.149. The number of ether oxygens (including phenoxy) is 1. The third-order valence-corrected chi connectivity index (χ3v) is 4.37. The van der Waals surface area contributed by atoms with E-state index in [9.17, 15) is 0 Å². The van der Waals surface area contributed by atoms with Gasteiger partial charge in [0.25, 0.3) is 0 Å². The first-order chi connectivity index (χ1) is 9.83. The minimum Gasteiger partial charge on any atom is -0.489 e. The maximum Gasteiger partial charge on any atom is 0.119 e. The van der Waals surface area contributed by atoms with Crippen LogP contribution in [0.3, 0.4) is 0 Å². The smallest absolute Gasteiger partial charge is 0.119 e. The summed E-state index contributed by atoms with van der Waals surface area (Å²) < 4.78 is 5.87. The summed E-state index contributed by atoms with van der Waals surface area (Å²) in [7, 11) is 0. The molecule has 0 amide bonds. The number of aryl methyl sites for hydroxylation is 2. The van der Waals surface area contributed by atoms with Gasteiger partial charge in [-0.15, -0.1) is 11.3 Å². The zero-order valence-corrected chi connectivity index (χ0v) is 14.4. The van der Waals surface area contributed by atoms with Crippen LogP contribution in [0.25, 0.3) is 0 Å². The van der Waals surface area contributed by atoms with Crippen LogP contribution in [0.5, 0.6) is 5.75 Å². The van der Waals surface area contributed by atoms with Crippen molar-refractivity contribution in [1.82, 2.24) is 5.32 Å². The fraction of sp³-hybridized carbons (Fsp3) is 0.444. The Labute approximate surface area is 132 Å². The van der Waals surface area contributed by atoms with E-state index in [2.05, 4.69) is 58.1 Å². The summed E-state index contributed by atoms with van der Waals surface area (Å²) in [5.41, 5.74) is 2.69. The molecule has 2 rings (SSSR count). The monoisotopic (exact) mass is 303 g/mol. The normalized spacial score (nSPS) is 11.7. The van der Waals surface area contributed by atoms with Gasteiger partial charge in [0.05, 0.1) is 0 Å². The maximum absolute atomic E-state index is 5.87. The van der Waals surface area contributed by atoms with E-state index in [1.807, 2.05) is 23.5 Å². The lowest BCUT2D eigenvalue weighted by Crippen LogP contribution is -2.34. The lowest BCUT2D eigenvalue weighted by Gasteiger charge is -2.19. The zero-order valence-electron chi connectivity index (χ0n) is 13.6. The van der Waals surface area contributed by atoms with Crippen LogP contribution < -0.4 is 10.1 Å². The van der Waals surface area contributed by atoms with Crippen molar-refractivity contribution >= 4 is 11.3 Å². The summed E-state index contributed by atoms with van der Waals surface area (Å²) in [5, 5.41) is 3.53. The average molecular weight is 303 g/mol. The summed E-state index contributed by atoms with van der Waals surface area (Å²) >= 11 is 1.85. The Morgan fingerprint density at radius 2 is 1.76 bits per heavy atom. The van der Waals surface area contributed by atoms with Crippen molar-refractivity contribution in [2.45, 2.75) is 53.3 Å². The number of hydrogen-bond donors (Lipinski definition) is 1. The molecule has 1 N–H and O–H groups in total. The number of hydrogen-bond acceptors (Lipinski definition) is 3. The summed E-state index contributed by atoms with van der Waals surface area (Å²) in [5.74, 6) is 0.931. The van der Waals surface area contributed by atoms with Gasteiger partial charge < -0.3 is 10.1 Å². The van der Waals surface area contributed by atoms with E-state index in [1.54, 1.807) is 0 Å². The molecule has 21 heavy (non-hydrogen) atoms. The molecular weight excluding hydrogens is 278 g/mol. The Morgan fingerprint density at radius 1 is 1.10 bits per heavy atom. The van der Waals surface area contributed by atoms with Gasteiger partial charge in [0.15, 0.2) is 0 Å². The fourth-order valence-corrected chi connectivity index (χ4v) is 2.95. The summed E-state index contributed by atoms with van der Waals surface area (Å²) in [6, 6.07) is 10.5. The Balaban J connectivity index is 1.94. The van der Waals surface area contributed by atoms with Crippen LogP contribution in [0.4, 0.5) is 0 Å². The van der Waals surface area contributed by atoms with E-state index in [4.69, 9.17) is 4.74 Å². The molecule has 0 spiro atoms. The van der Waals surface area contributed by atoms with Crippen molar-refractivity contribution in [2.75, 3.05) is 0 Å². The van der Waals surface area contributed by atoms with Gasteiger partial charge in [0, 0.05) is 27.4 Å². The molecule has 0 saturated carbocycles. The molecule has 2 nitrogen and oxygen atoms in total. The standard InChI is InChI=1S/C18H25NOS/c1-13-6-8-16(9-7-13)20-12-15-10-17(21-14(15)2)11-19-18(3,4)5/h6-10,19H,11-12H2,1-5H3. The number of benzene rings is 1. The summed E-state index contributed by atoms with van der Waals surface area (Å²) in [4.78, 5) is 2.71. The van der Waals surface area contributed by atoms with Crippen LogP contribution in [0, 0.1) is 13.8 Å². The number of nitrogens with one attached hydrogen (secondary N) is 1. The molecule has 1 aromatic carbocycles. The van der Waals surface area contributed by atoms with Gasteiger partial charge in [-0.3, -0.25) is 0 Å². The van der Waals surface area contributed by atoms with Gasteiger partial charge in [-0.2, -0.15) is 0 Å². The Bertz CT molecular complexity index is 578. The minimum atomic E-state index is 0.149. The van der Waals surface area contributed by atoms with Crippen LogP contribution in [0.1, 0.15) is 41.7 Å². The molecule has 0 atom stereocenters. The SMILES string of the molecule is Cc1ccc(OCc2cc(CNC(C)(C)C)sc2C)cc1. The van der Waals surface area contributed by atoms with Crippen molar-refractivity contribution in [3.05, 3.63) is 51.2 Å². The molecule has 0 aliphatic heterocycles. The molecule has 2 aromatic rings. The second-order valence-electron chi connectivity index (χ2n) is 6.50. The average Bonchev–Trinajstić information content (AvgIpc) is 2.76. The van der Waals surface area contributed by atoms with Crippen LogP contribution in [-0.4, -0.2) is 5.54 Å². The molecule has 0 bridgehead atoms. The summed E-state index contributed by atoms with van der Waals surface area (Å²) in [6.07, 6.45) is 0. The number of thiophene rings is 1. The van der Waals surface area contributed by atoms with E-state index in [0.29, 0.717) is 6.61 Å². The van der Waals surface area contributed by atoms with Crippen LogP contribution in [0.15, 0.2) is 30.3 Å². The fourth-order valence-electron chi connectivity index (χ4n) is 1.97. The third kappa shape index (κ3) is 5.18. The van der Waals surface area contributed by atoms with Gasteiger partial charge in [0.1, 0.15) is 12.4 Å². The predicted molar refractivity (Wildman–Crippen MR) is 91.2 cm³/mol. The number of rotatable bonds is 5. The van der Waals surface area contributed by atoms with Gasteiger partial charge in [-0.25, -0.2) is 0 Å². The highest BCUT2D eigenvalue weighted by atomic mass is 32.1. The molecule has 3 heteroatoms. The summed E-state index contributed by atoms with van der Waals surface area (Å²) in [6.45, 7) is 12.4. The zero-order chi connectivity index (χ0) is 15.5. The first kappa shape index (κ1) is 16.1. The molecule has 0 radical (unpaired) electrons. The van der Waals surface area contributed by atoms with E-state index < -0.39 is 0 Å². The van der Waals surface area contributed by atoms with Crippen molar-refractivity contribution in [3.8, 4) is 5.75 Å². The molecule has 114 valence electrons. The molecule has 0 fully saturated rings. The van der Waals surface area contributed by atoms with Gasteiger partial charge in [0.2, 0.25) is 0 Å². The Kier molecular flexibility index (Phi) is 5.07. The van der Waals surface area contributed by atoms with E-state index in [0.717, 1.165) is 12.3 Å². The van der Waals surface area contributed by atoms with E-state index in [1.165, 1.54) is 20.9 Å². The van der Waals surface area contributed by atoms with Crippen molar-refractivity contribution in [2.24, 2.45) is 0 Å². The quantitative estimate of drug-likeness (QED) is 0.854. The van der Waals surface area contributed by atoms with Gasteiger partial charge >= 0.3 is 0 Å². The highest BCUT2D eigenvalue weighted by Crippen LogP contribution is 2.24. The van der Waals surface area contributed by atoms with Crippen molar-refractivity contribution < 1.29 is 4.74 Å². The largest absolute Gasteiger partial charge is 0.489 e. The molecule has 0 aliphatic carbocycles. The third-order valence-electron chi connectivity index (χ3n) is 3.28. The first-order valence-corrected chi connectivity index (χ1v) is 8.18. The second-order valence-corrected chi connectivity index (χ2v) is 7.84. The maximum atomic E-state index is 5.87. The Morgan fingerprint density at radius 3 is 2.38 bits per heavy atom. The van der Waals surface area contributed by atoms with Gasteiger partial charge in [-0.1, -0.05) is 17.7 Å². The van der Waals surface area contributed by atoms with E-state index >= 15 is 0 Å². The predicted octanol–water partition coefficient (Wildman–Crippen LogP) is 4.83. The van der Waals surface area contributed by atoms with Crippen molar-refractivity contribution in [1.29, 1.82) is 0 Å². The molecule has 0 unspecified atom stereocenters. The highest BCUT2D eigenvalue weighted by molar-refractivity contribution is 7.12. The topological polar surface area (TPSA) is 21.3 Å². The van der Waals surface area contributed by atoms with Crippen LogP contribution in [0.2, 0.25) is 0 Å². The van der Waals surface area contributed by atoms with Gasteiger partial charge in [-0.05, 0) is 52.8 Å². The lowest BCUT2D eigenvalue weighted by molar-refractivity contribution is 0.306.